The zero-order valence-corrected chi connectivity index (χ0v) is 16.4. The van der Waals surface area contributed by atoms with E-state index in [1.165, 1.54) is 12.1 Å². The number of halogens is 3. The molecule has 4 nitrogen and oxygen atoms in total. The van der Waals surface area contributed by atoms with Crippen molar-refractivity contribution in [2.75, 3.05) is 7.11 Å². The zero-order valence-electron chi connectivity index (χ0n) is 16.4. The zero-order chi connectivity index (χ0) is 21.5. The largest absolute Gasteiger partial charge is 0.497 e. The fraction of sp³-hybridized carbons (Fsp3) is 0.348. The van der Waals surface area contributed by atoms with Gasteiger partial charge < -0.3 is 9.84 Å². The molecule has 2 aromatic carbocycles. The normalized spacial score (nSPS) is 23.9. The first-order chi connectivity index (χ1) is 14.2. The minimum Gasteiger partial charge on any atom is -0.497 e. The number of benzene rings is 2. The predicted octanol–water partition coefficient (Wildman–Crippen LogP) is 4.99. The number of fused-ring (bicyclic) bond motifs is 2. The topological polar surface area (TPSA) is 49.8 Å². The van der Waals surface area contributed by atoms with Gasteiger partial charge in [0.15, 0.2) is 0 Å². The summed E-state index contributed by atoms with van der Waals surface area (Å²) in [6, 6.07) is 12.8. The molecule has 0 radical (unpaired) electrons. The Morgan fingerprint density at radius 3 is 2.40 bits per heavy atom. The second-order valence-corrected chi connectivity index (χ2v) is 7.85. The minimum absolute atomic E-state index is 0.0190. The van der Waals surface area contributed by atoms with E-state index in [2.05, 4.69) is 4.90 Å². The van der Waals surface area contributed by atoms with Crippen LogP contribution in [0.5, 0.6) is 5.75 Å². The number of aliphatic carboxylic acids is 1. The van der Waals surface area contributed by atoms with E-state index < -0.39 is 23.2 Å². The summed E-state index contributed by atoms with van der Waals surface area (Å²) in [5, 5.41) is 9.60. The molecule has 0 aromatic heterocycles. The molecule has 1 fully saturated rings. The van der Waals surface area contributed by atoms with Gasteiger partial charge in [0.25, 0.3) is 0 Å². The Hall–Kier alpha value is -2.80. The van der Waals surface area contributed by atoms with E-state index >= 15 is 0 Å². The average Bonchev–Trinajstić information content (AvgIpc) is 2.93. The summed E-state index contributed by atoms with van der Waals surface area (Å²) in [6.45, 7) is 0.569. The van der Waals surface area contributed by atoms with E-state index in [4.69, 9.17) is 4.74 Å². The number of methoxy groups -OCH3 is 1. The molecule has 0 unspecified atom stereocenters. The van der Waals surface area contributed by atoms with Crippen LogP contribution in [0.4, 0.5) is 13.2 Å². The van der Waals surface area contributed by atoms with E-state index in [0.717, 1.165) is 29.9 Å². The molecule has 2 aliphatic heterocycles. The van der Waals surface area contributed by atoms with Gasteiger partial charge in [-0.25, -0.2) is 4.79 Å². The van der Waals surface area contributed by atoms with Crippen molar-refractivity contribution in [3.63, 3.8) is 0 Å². The highest BCUT2D eigenvalue weighted by molar-refractivity contribution is 5.87. The van der Waals surface area contributed by atoms with Crippen LogP contribution < -0.4 is 4.74 Å². The second-order valence-electron chi connectivity index (χ2n) is 7.85. The van der Waals surface area contributed by atoms with Gasteiger partial charge in [-0.05, 0) is 60.7 Å². The standard InChI is InChI=1S/C23H22F3NO3/c1-30-20-8-2-15(3-9-20)14-27-19-10-11-22(27,13-16(12-19)21(28)29)17-4-6-18(7-5-17)23(24,25)26/h2-9,13,19H,10-12,14H2,1H3,(H,28,29)/t19-,22+/m0/s1. The molecule has 1 saturated heterocycles. The van der Waals surface area contributed by atoms with Gasteiger partial charge in [-0.3, -0.25) is 4.90 Å². The number of carboxylic acid groups (broad SMARTS) is 1. The van der Waals surface area contributed by atoms with Crippen LogP contribution in [0.15, 0.2) is 60.2 Å². The maximum absolute atomic E-state index is 13.0. The molecule has 1 N–H and O–H groups in total. The summed E-state index contributed by atoms with van der Waals surface area (Å²) in [4.78, 5) is 13.9. The molecule has 2 atom stereocenters. The Balaban J connectivity index is 1.74. The highest BCUT2D eigenvalue weighted by atomic mass is 19.4. The van der Waals surface area contributed by atoms with Crippen LogP contribution in [-0.4, -0.2) is 29.1 Å². The van der Waals surface area contributed by atoms with Gasteiger partial charge in [0, 0.05) is 18.2 Å². The molecular weight excluding hydrogens is 395 g/mol. The van der Waals surface area contributed by atoms with Crippen molar-refractivity contribution in [2.45, 2.75) is 43.6 Å². The minimum atomic E-state index is -4.41. The fourth-order valence-electron chi connectivity index (χ4n) is 4.67. The highest BCUT2D eigenvalue weighted by Gasteiger charge is 2.50. The Morgan fingerprint density at radius 1 is 1.17 bits per heavy atom. The molecule has 7 heteroatoms. The molecule has 2 heterocycles. The van der Waals surface area contributed by atoms with E-state index in [-0.39, 0.29) is 6.04 Å². The van der Waals surface area contributed by atoms with Crippen molar-refractivity contribution in [1.29, 1.82) is 0 Å². The Morgan fingerprint density at radius 2 is 1.83 bits per heavy atom. The summed E-state index contributed by atoms with van der Waals surface area (Å²) in [5.74, 6) is -0.229. The van der Waals surface area contributed by atoms with Gasteiger partial charge in [-0.15, -0.1) is 0 Å². The third kappa shape index (κ3) is 3.58. The molecule has 0 amide bonds. The number of alkyl halides is 3. The smallest absolute Gasteiger partial charge is 0.416 e. The first kappa shape index (κ1) is 20.5. The third-order valence-corrected chi connectivity index (χ3v) is 6.18. The van der Waals surface area contributed by atoms with Crippen LogP contribution in [0.25, 0.3) is 0 Å². The summed E-state index contributed by atoms with van der Waals surface area (Å²) in [7, 11) is 1.59. The monoisotopic (exact) mass is 417 g/mol. The fourth-order valence-corrected chi connectivity index (χ4v) is 4.67. The average molecular weight is 417 g/mol. The number of nitrogens with zero attached hydrogens (tertiary/aromatic N) is 1. The summed E-state index contributed by atoms with van der Waals surface area (Å²) in [6.07, 6.45) is -0.801. The maximum atomic E-state index is 13.0. The molecular formula is C23H22F3NO3. The molecule has 4 rings (SSSR count). The van der Waals surface area contributed by atoms with Crippen LogP contribution in [-0.2, 0) is 23.1 Å². The van der Waals surface area contributed by atoms with E-state index in [0.29, 0.717) is 30.5 Å². The van der Waals surface area contributed by atoms with Crippen LogP contribution in [0.2, 0.25) is 0 Å². The molecule has 158 valence electrons. The third-order valence-electron chi connectivity index (χ3n) is 6.18. The molecule has 0 saturated carbocycles. The predicted molar refractivity (Wildman–Crippen MR) is 105 cm³/mol. The molecule has 30 heavy (non-hydrogen) atoms. The van der Waals surface area contributed by atoms with E-state index in [9.17, 15) is 23.1 Å². The quantitative estimate of drug-likeness (QED) is 0.745. The van der Waals surface area contributed by atoms with Crippen molar-refractivity contribution in [3.8, 4) is 5.75 Å². The molecule has 2 aromatic rings. The highest BCUT2D eigenvalue weighted by Crippen LogP contribution is 2.50. The van der Waals surface area contributed by atoms with E-state index in [1.807, 2.05) is 24.3 Å². The van der Waals surface area contributed by atoms with Gasteiger partial charge in [0.1, 0.15) is 5.75 Å². The lowest BCUT2D eigenvalue weighted by Crippen LogP contribution is -2.47. The molecule has 2 aliphatic rings. The number of carbonyl (C=O) groups is 1. The molecule has 0 spiro atoms. The summed E-state index contributed by atoms with van der Waals surface area (Å²) in [5.41, 5.74) is 0.595. The van der Waals surface area contributed by atoms with Gasteiger partial charge in [-0.1, -0.05) is 24.3 Å². The summed E-state index contributed by atoms with van der Waals surface area (Å²) < 4.78 is 44.3. The number of carboxylic acids is 1. The van der Waals surface area contributed by atoms with Crippen molar-refractivity contribution in [1.82, 2.24) is 4.90 Å². The van der Waals surface area contributed by atoms with Gasteiger partial charge in [0.2, 0.25) is 0 Å². The Bertz CT molecular complexity index is 967. The lowest BCUT2D eigenvalue weighted by molar-refractivity contribution is -0.137. The van der Waals surface area contributed by atoms with Gasteiger partial charge >= 0.3 is 12.1 Å². The van der Waals surface area contributed by atoms with Gasteiger partial charge in [0.05, 0.1) is 18.2 Å². The first-order valence-corrected chi connectivity index (χ1v) is 9.75. The Kier molecular flexibility index (Phi) is 5.10. The SMILES string of the molecule is COc1ccc(CN2[C@H]3CC[C@]2(c2ccc(C(F)(F)F)cc2)C=C(C(=O)O)C3)cc1. The lowest BCUT2D eigenvalue weighted by atomic mass is 9.83. The van der Waals surface area contributed by atoms with Crippen molar-refractivity contribution in [3.05, 3.63) is 76.9 Å². The van der Waals surface area contributed by atoms with Crippen molar-refractivity contribution >= 4 is 5.97 Å². The molecule has 0 aliphatic carbocycles. The van der Waals surface area contributed by atoms with Crippen LogP contribution in [0, 0.1) is 0 Å². The lowest BCUT2D eigenvalue weighted by Gasteiger charge is -2.43. The number of hydrogen-bond acceptors (Lipinski definition) is 3. The van der Waals surface area contributed by atoms with Crippen molar-refractivity contribution < 1.29 is 27.8 Å². The van der Waals surface area contributed by atoms with Gasteiger partial charge in [-0.2, -0.15) is 13.2 Å². The van der Waals surface area contributed by atoms with Crippen LogP contribution in [0.3, 0.4) is 0 Å². The number of hydrogen-bond donors (Lipinski definition) is 1. The first-order valence-electron chi connectivity index (χ1n) is 9.75. The Labute approximate surface area is 172 Å². The second kappa shape index (κ2) is 7.47. The summed E-state index contributed by atoms with van der Waals surface area (Å²) >= 11 is 0. The van der Waals surface area contributed by atoms with E-state index in [1.54, 1.807) is 13.2 Å². The number of rotatable bonds is 5. The maximum Gasteiger partial charge on any atom is 0.416 e. The molecule has 2 bridgehead atoms. The van der Waals surface area contributed by atoms with Crippen LogP contribution >= 0.6 is 0 Å². The van der Waals surface area contributed by atoms with Crippen molar-refractivity contribution in [2.24, 2.45) is 0 Å². The number of ether oxygens (including phenoxy) is 1. The van der Waals surface area contributed by atoms with Crippen LogP contribution in [0.1, 0.15) is 36.0 Å².